The first-order valence-corrected chi connectivity index (χ1v) is 9.60. The number of rotatable bonds is 3. The van der Waals surface area contributed by atoms with Gasteiger partial charge in [0, 0.05) is 49.6 Å². The molecule has 2 aromatic carbocycles. The van der Waals surface area contributed by atoms with Crippen LogP contribution >= 0.6 is 0 Å². The summed E-state index contributed by atoms with van der Waals surface area (Å²) >= 11 is 0. The van der Waals surface area contributed by atoms with Crippen LogP contribution in [0.1, 0.15) is 29.2 Å². The lowest BCUT2D eigenvalue weighted by atomic mass is 9.84. The molecule has 3 atom stereocenters. The van der Waals surface area contributed by atoms with Crippen LogP contribution in [0.3, 0.4) is 0 Å². The molecular formula is C21H23F2N3O. The number of benzene rings is 2. The molecule has 0 aromatic heterocycles. The largest absolute Gasteiger partial charge is 0.493 e. The van der Waals surface area contributed by atoms with E-state index in [4.69, 9.17) is 4.74 Å². The van der Waals surface area contributed by atoms with Gasteiger partial charge >= 0.3 is 0 Å². The molecule has 3 heterocycles. The molecule has 142 valence electrons. The number of ether oxygens (including phenoxy) is 1. The molecule has 0 spiro atoms. The van der Waals surface area contributed by atoms with Crippen molar-refractivity contribution in [2.75, 3.05) is 19.7 Å². The Labute approximate surface area is 157 Å². The highest BCUT2D eigenvalue weighted by Gasteiger charge is 2.41. The molecule has 27 heavy (non-hydrogen) atoms. The molecule has 3 unspecified atom stereocenters. The van der Waals surface area contributed by atoms with Crippen molar-refractivity contribution in [2.45, 2.75) is 31.5 Å². The maximum absolute atomic E-state index is 14.3. The molecule has 3 aliphatic heterocycles. The maximum atomic E-state index is 14.3. The van der Waals surface area contributed by atoms with E-state index >= 15 is 0 Å². The molecule has 2 N–H and O–H groups in total. The lowest BCUT2D eigenvalue weighted by Crippen LogP contribution is -2.45. The van der Waals surface area contributed by atoms with Crippen molar-refractivity contribution in [1.29, 1.82) is 0 Å². The fraction of sp³-hybridized carbons (Fsp3) is 0.429. The summed E-state index contributed by atoms with van der Waals surface area (Å²) in [7, 11) is 0. The maximum Gasteiger partial charge on any atom is 0.130 e. The number of halogens is 2. The minimum atomic E-state index is -0.537. The van der Waals surface area contributed by atoms with Crippen LogP contribution in [0.15, 0.2) is 36.4 Å². The van der Waals surface area contributed by atoms with Crippen LogP contribution in [0.5, 0.6) is 5.75 Å². The molecular weight excluding hydrogens is 348 g/mol. The molecule has 0 amide bonds. The Morgan fingerprint density at radius 3 is 2.93 bits per heavy atom. The summed E-state index contributed by atoms with van der Waals surface area (Å²) in [6.07, 6.45) is 1.98. The average Bonchev–Trinajstić information content (AvgIpc) is 3.28. The van der Waals surface area contributed by atoms with Crippen LogP contribution in [0.25, 0.3) is 0 Å². The van der Waals surface area contributed by atoms with Crippen LogP contribution in [0, 0.1) is 17.6 Å². The first-order chi connectivity index (χ1) is 13.2. The SMILES string of the molecule is Fc1ccc(C2NNC3CCN(Cc4ccc5c(c4)CCO5)CC32)c(F)c1. The van der Waals surface area contributed by atoms with E-state index in [0.29, 0.717) is 11.6 Å². The summed E-state index contributed by atoms with van der Waals surface area (Å²) in [4.78, 5) is 2.43. The summed E-state index contributed by atoms with van der Waals surface area (Å²) in [5.74, 6) is 0.236. The number of nitrogens with one attached hydrogen (secondary N) is 2. The fourth-order valence-corrected chi connectivity index (χ4v) is 4.68. The van der Waals surface area contributed by atoms with Gasteiger partial charge in [0.1, 0.15) is 17.4 Å². The number of piperidine rings is 1. The lowest BCUT2D eigenvalue weighted by molar-refractivity contribution is 0.147. The predicted molar refractivity (Wildman–Crippen MR) is 98.2 cm³/mol. The fourth-order valence-electron chi connectivity index (χ4n) is 4.68. The van der Waals surface area contributed by atoms with Crippen LogP contribution in [0.4, 0.5) is 8.78 Å². The normalized spacial score (nSPS) is 27.3. The van der Waals surface area contributed by atoms with Crippen LogP contribution in [-0.4, -0.2) is 30.6 Å². The molecule has 0 saturated carbocycles. The van der Waals surface area contributed by atoms with E-state index in [1.165, 1.54) is 17.2 Å². The Balaban J connectivity index is 1.32. The van der Waals surface area contributed by atoms with Crippen molar-refractivity contribution < 1.29 is 13.5 Å². The summed E-state index contributed by atoms with van der Waals surface area (Å²) < 4.78 is 33.2. The van der Waals surface area contributed by atoms with Crippen LogP contribution in [0.2, 0.25) is 0 Å². The molecule has 6 heteroatoms. The van der Waals surface area contributed by atoms with Gasteiger partial charge in [0.15, 0.2) is 0 Å². The number of hydrogen-bond acceptors (Lipinski definition) is 4. The number of hydrazine groups is 1. The van der Waals surface area contributed by atoms with E-state index < -0.39 is 11.6 Å². The monoisotopic (exact) mass is 371 g/mol. The molecule has 0 radical (unpaired) electrons. The van der Waals surface area contributed by atoms with Gasteiger partial charge in [-0.25, -0.2) is 14.2 Å². The highest BCUT2D eigenvalue weighted by Crippen LogP contribution is 2.35. The first-order valence-electron chi connectivity index (χ1n) is 9.60. The zero-order chi connectivity index (χ0) is 18.4. The molecule has 5 rings (SSSR count). The Kier molecular flexibility index (Phi) is 4.34. The molecule has 2 aromatic rings. The van der Waals surface area contributed by atoms with E-state index in [2.05, 4.69) is 34.0 Å². The van der Waals surface area contributed by atoms with Gasteiger partial charge in [-0.2, -0.15) is 0 Å². The van der Waals surface area contributed by atoms with Gasteiger partial charge in [0.05, 0.1) is 12.6 Å². The highest BCUT2D eigenvalue weighted by molar-refractivity contribution is 5.39. The van der Waals surface area contributed by atoms with Gasteiger partial charge < -0.3 is 4.74 Å². The minimum absolute atomic E-state index is 0.146. The zero-order valence-corrected chi connectivity index (χ0v) is 15.1. The molecule has 2 saturated heterocycles. The number of fused-ring (bicyclic) bond motifs is 2. The third-order valence-electron chi connectivity index (χ3n) is 6.05. The average molecular weight is 371 g/mol. The Morgan fingerprint density at radius 1 is 1.11 bits per heavy atom. The highest BCUT2D eigenvalue weighted by atomic mass is 19.1. The summed E-state index contributed by atoms with van der Waals surface area (Å²) in [5, 5.41) is 0. The predicted octanol–water partition coefficient (Wildman–Crippen LogP) is 2.94. The van der Waals surface area contributed by atoms with Crippen molar-refractivity contribution in [1.82, 2.24) is 15.8 Å². The standard InChI is InChI=1S/C21H23F2N3O/c22-15-2-3-16(18(23)10-15)21-17-12-26(7-5-19(17)24-25-21)11-13-1-4-20-14(9-13)6-8-27-20/h1-4,9-10,17,19,21,24-25H,5-8,11-12H2. The Morgan fingerprint density at radius 2 is 2.04 bits per heavy atom. The van der Waals surface area contributed by atoms with Gasteiger partial charge in [-0.05, 0) is 29.7 Å². The molecule has 0 aliphatic carbocycles. The van der Waals surface area contributed by atoms with E-state index in [-0.39, 0.29) is 12.0 Å². The quantitative estimate of drug-likeness (QED) is 0.870. The number of nitrogens with zero attached hydrogens (tertiary/aromatic N) is 1. The second kappa shape index (κ2) is 6.86. The summed E-state index contributed by atoms with van der Waals surface area (Å²) in [5.41, 5.74) is 9.67. The van der Waals surface area contributed by atoms with Crippen molar-refractivity contribution in [2.24, 2.45) is 5.92 Å². The van der Waals surface area contributed by atoms with E-state index in [0.717, 1.165) is 50.9 Å². The first kappa shape index (κ1) is 17.1. The van der Waals surface area contributed by atoms with E-state index in [1.54, 1.807) is 6.07 Å². The van der Waals surface area contributed by atoms with Crippen molar-refractivity contribution in [3.05, 3.63) is 64.7 Å². The van der Waals surface area contributed by atoms with E-state index in [9.17, 15) is 8.78 Å². The van der Waals surface area contributed by atoms with Gasteiger partial charge in [-0.15, -0.1) is 0 Å². The molecule has 4 nitrogen and oxygen atoms in total. The van der Waals surface area contributed by atoms with Crippen molar-refractivity contribution in [3.8, 4) is 5.75 Å². The Bertz CT molecular complexity index is 859. The van der Waals surface area contributed by atoms with Crippen LogP contribution in [-0.2, 0) is 13.0 Å². The van der Waals surface area contributed by atoms with E-state index in [1.807, 2.05) is 0 Å². The Hall–Kier alpha value is -2.02. The van der Waals surface area contributed by atoms with Gasteiger partial charge in [0.2, 0.25) is 0 Å². The number of hydrogen-bond donors (Lipinski definition) is 2. The second-order valence-electron chi connectivity index (χ2n) is 7.77. The van der Waals surface area contributed by atoms with Gasteiger partial charge in [-0.1, -0.05) is 18.2 Å². The topological polar surface area (TPSA) is 36.5 Å². The number of likely N-dealkylation sites (tertiary alicyclic amines) is 1. The van der Waals surface area contributed by atoms with Gasteiger partial charge in [0.25, 0.3) is 0 Å². The molecule has 2 fully saturated rings. The second-order valence-corrected chi connectivity index (χ2v) is 7.77. The molecule has 0 bridgehead atoms. The van der Waals surface area contributed by atoms with Crippen LogP contribution < -0.4 is 15.6 Å². The molecule has 3 aliphatic rings. The smallest absolute Gasteiger partial charge is 0.130 e. The third-order valence-corrected chi connectivity index (χ3v) is 6.05. The van der Waals surface area contributed by atoms with Crippen molar-refractivity contribution in [3.63, 3.8) is 0 Å². The van der Waals surface area contributed by atoms with Gasteiger partial charge in [-0.3, -0.25) is 10.3 Å². The minimum Gasteiger partial charge on any atom is -0.493 e. The zero-order valence-electron chi connectivity index (χ0n) is 15.1. The van der Waals surface area contributed by atoms with Crippen molar-refractivity contribution >= 4 is 0 Å². The third kappa shape index (κ3) is 3.22. The lowest BCUT2D eigenvalue weighted by Gasteiger charge is -2.36. The summed E-state index contributed by atoms with van der Waals surface area (Å²) in [6, 6.07) is 10.5. The summed E-state index contributed by atoms with van der Waals surface area (Å²) in [6.45, 7) is 3.53.